The van der Waals surface area contributed by atoms with Crippen LogP contribution in [0.25, 0.3) is 6.08 Å². The van der Waals surface area contributed by atoms with Crippen molar-refractivity contribution in [1.29, 1.82) is 0 Å². The summed E-state index contributed by atoms with van der Waals surface area (Å²) in [5.41, 5.74) is 0.398. The van der Waals surface area contributed by atoms with Gasteiger partial charge >= 0.3 is 0 Å². The first-order chi connectivity index (χ1) is 12.2. The van der Waals surface area contributed by atoms with E-state index in [-0.39, 0.29) is 17.2 Å². The summed E-state index contributed by atoms with van der Waals surface area (Å²) in [6, 6.07) is 4.85. The van der Waals surface area contributed by atoms with E-state index < -0.39 is 4.92 Å². The van der Waals surface area contributed by atoms with E-state index in [1.807, 2.05) is 11.1 Å². The number of hydrogen-bond acceptors (Lipinski definition) is 6. The van der Waals surface area contributed by atoms with E-state index in [1.165, 1.54) is 6.07 Å². The van der Waals surface area contributed by atoms with Crippen LogP contribution in [0, 0.1) is 10.1 Å². The van der Waals surface area contributed by atoms with Gasteiger partial charge in [0.05, 0.1) is 36.9 Å². The van der Waals surface area contributed by atoms with Gasteiger partial charge in [0, 0.05) is 32.4 Å². The average molecular weight is 347 g/mol. The van der Waals surface area contributed by atoms with E-state index in [0.29, 0.717) is 45.1 Å². The minimum Gasteiger partial charge on any atom is -0.378 e. The fraction of sp³-hybridized carbons (Fsp3) is 0.471. The lowest BCUT2D eigenvalue weighted by atomic mass is 10.1. The average Bonchev–Trinajstić information content (AvgIpc) is 2.66. The standard InChI is InChI=1S/C17H21N3O5/c21-17(19-8-12-25-13-9-19)15-3-1-2-14(16(15)20(22)23)4-5-18-6-10-24-11-7-18/h1-5H,6-13H2/b5-4+. The molecule has 3 rings (SSSR count). The van der Waals surface area contributed by atoms with Gasteiger partial charge in [0.25, 0.3) is 11.6 Å². The largest absolute Gasteiger partial charge is 0.378 e. The zero-order chi connectivity index (χ0) is 17.6. The number of amides is 1. The number of nitro groups is 1. The molecular weight excluding hydrogens is 326 g/mol. The van der Waals surface area contributed by atoms with Crippen molar-refractivity contribution in [2.45, 2.75) is 0 Å². The quantitative estimate of drug-likeness (QED) is 0.604. The molecule has 0 saturated carbocycles. The molecule has 8 nitrogen and oxygen atoms in total. The van der Waals surface area contributed by atoms with Crippen LogP contribution in [0.4, 0.5) is 5.69 Å². The number of ether oxygens (including phenoxy) is 2. The molecule has 1 aromatic carbocycles. The molecule has 0 radical (unpaired) electrons. The van der Waals surface area contributed by atoms with Crippen LogP contribution < -0.4 is 0 Å². The molecule has 0 N–H and O–H groups in total. The van der Waals surface area contributed by atoms with Crippen molar-refractivity contribution < 1.29 is 19.2 Å². The van der Waals surface area contributed by atoms with E-state index in [4.69, 9.17) is 9.47 Å². The molecule has 2 heterocycles. The topological polar surface area (TPSA) is 85.2 Å². The predicted octanol–water partition coefficient (Wildman–Crippen LogP) is 1.37. The Morgan fingerprint density at radius 3 is 2.36 bits per heavy atom. The number of nitrogens with zero attached hydrogens (tertiary/aromatic N) is 3. The fourth-order valence-electron chi connectivity index (χ4n) is 2.92. The number of rotatable bonds is 4. The molecule has 0 aromatic heterocycles. The summed E-state index contributed by atoms with van der Waals surface area (Å²) in [5.74, 6) is -0.323. The smallest absolute Gasteiger partial charge is 0.289 e. The predicted molar refractivity (Wildman–Crippen MR) is 91.2 cm³/mol. The molecule has 2 fully saturated rings. The molecule has 0 bridgehead atoms. The van der Waals surface area contributed by atoms with Crippen molar-refractivity contribution in [2.75, 3.05) is 52.6 Å². The molecule has 2 aliphatic rings. The lowest BCUT2D eigenvalue weighted by Crippen LogP contribution is -2.40. The summed E-state index contributed by atoms with van der Waals surface area (Å²) in [7, 11) is 0. The maximum absolute atomic E-state index is 12.7. The van der Waals surface area contributed by atoms with Crippen molar-refractivity contribution in [3.63, 3.8) is 0 Å². The SMILES string of the molecule is O=C(c1cccc(/C=C/N2CCOCC2)c1[N+](=O)[O-])N1CCOCC1. The summed E-state index contributed by atoms with van der Waals surface area (Å²) >= 11 is 0. The third kappa shape index (κ3) is 4.15. The van der Waals surface area contributed by atoms with Crippen LogP contribution in [0.5, 0.6) is 0 Å². The van der Waals surface area contributed by atoms with Crippen molar-refractivity contribution in [1.82, 2.24) is 9.80 Å². The number of morpholine rings is 2. The normalized spacial score (nSPS) is 18.6. The van der Waals surface area contributed by atoms with E-state index in [9.17, 15) is 14.9 Å². The summed E-state index contributed by atoms with van der Waals surface area (Å²) in [4.78, 5) is 27.5. The van der Waals surface area contributed by atoms with E-state index >= 15 is 0 Å². The van der Waals surface area contributed by atoms with E-state index in [2.05, 4.69) is 0 Å². The third-order valence-corrected chi connectivity index (χ3v) is 4.29. The minimum absolute atomic E-state index is 0.121. The fourth-order valence-corrected chi connectivity index (χ4v) is 2.92. The molecule has 8 heteroatoms. The number of para-hydroxylation sites is 1. The van der Waals surface area contributed by atoms with Gasteiger partial charge in [-0.3, -0.25) is 14.9 Å². The minimum atomic E-state index is -0.479. The molecule has 2 saturated heterocycles. The molecule has 0 aliphatic carbocycles. The number of hydrogen-bond donors (Lipinski definition) is 0. The first-order valence-corrected chi connectivity index (χ1v) is 8.31. The number of carbonyl (C=O) groups is 1. The van der Waals surface area contributed by atoms with Crippen molar-refractivity contribution in [3.05, 3.63) is 45.6 Å². The Hall–Kier alpha value is -2.45. The molecule has 134 valence electrons. The Labute approximate surface area is 145 Å². The maximum atomic E-state index is 12.7. The highest BCUT2D eigenvalue weighted by atomic mass is 16.6. The monoisotopic (exact) mass is 347 g/mol. The van der Waals surface area contributed by atoms with Gasteiger partial charge in [-0.1, -0.05) is 6.07 Å². The Morgan fingerprint density at radius 1 is 1.08 bits per heavy atom. The van der Waals surface area contributed by atoms with E-state index in [1.54, 1.807) is 23.1 Å². The van der Waals surface area contributed by atoms with Gasteiger partial charge in [-0.15, -0.1) is 0 Å². The molecule has 0 atom stereocenters. The van der Waals surface area contributed by atoms with Crippen LogP contribution in [-0.4, -0.2) is 73.2 Å². The van der Waals surface area contributed by atoms with Crippen LogP contribution in [-0.2, 0) is 9.47 Å². The first kappa shape index (κ1) is 17.4. The molecule has 25 heavy (non-hydrogen) atoms. The summed E-state index contributed by atoms with van der Waals surface area (Å²) in [6.07, 6.45) is 3.52. The summed E-state index contributed by atoms with van der Waals surface area (Å²) in [5, 5.41) is 11.6. The van der Waals surface area contributed by atoms with Crippen LogP contribution in [0.2, 0.25) is 0 Å². The van der Waals surface area contributed by atoms with Gasteiger partial charge in [0.15, 0.2) is 0 Å². The van der Waals surface area contributed by atoms with Gasteiger partial charge in [0.1, 0.15) is 5.56 Å². The zero-order valence-corrected chi connectivity index (χ0v) is 13.9. The van der Waals surface area contributed by atoms with Crippen molar-refractivity contribution >= 4 is 17.7 Å². The summed E-state index contributed by atoms with van der Waals surface area (Å²) in [6.45, 7) is 4.58. The second kappa shape index (κ2) is 8.09. The first-order valence-electron chi connectivity index (χ1n) is 8.31. The zero-order valence-electron chi connectivity index (χ0n) is 13.9. The van der Waals surface area contributed by atoms with Gasteiger partial charge in [-0.25, -0.2) is 0 Å². The van der Waals surface area contributed by atoms with Gasteiger partial charge in [-0.2, -0.15) is 0 Å². The van der Waals surface area contributed by atoms with Gasteiger partial charge in [-0.05, 0) is 18.2 Å². The number of benzene rings is 1. The highest BCUT2D eigenvalue weighted by molar-refractivity contribution is 5.99. The Balaban J connectivity index is 1.87. The van der Waals surface area contributed by atoms with Crippen molar-refractivity contribution in [2.24, 2.45) is 0 Å². The second-order valence-corrected chi connectivity index (χ2v) is 5.87. The highest BCUT2D eigenvalue weighted by Crippen LogP contribution is 2.27. The third-order valence-electron chi connectivity index (χ3n) is 4.29. The lowest BCUT2D eigenvalue weighted by molar-refractivity contribution is -0.385. The highest BCUT2D eigenvalue weighted by Gasteiger charge is 2.28. The number of carbonyl (C=O) groups excluding carboxylic acids is 1. The second-order valence-electron chi connectivity index (χ2n) is 5.87. The summed E-state index contributed by atoms with van der Waals surface area (Å²) < 4.78 is 10.5. The van der Waals surface area contributed by atoms with Crippen LogP contribution in [0.1, 0.15) is 15.9 Å². The molecule has 1 aromatic rings. The Morgan fingerprint density at radius 2 is 1.72 bits per heavy atom. The van der Waals surface area contributed by atoms with Crippen LogP contribution in [0.3, 0.4) is 0 Å². The number of nitro benzene ring substituents is 1. The molecule has 2 aliphatic heterocycles. The molecule has 1 amide bonds. The lowest BCUT2D eigenvalue weighted by Gasteiger charge is -2.27. The Bertz CT molecular complexity index is 664. The molecule has 0 unspecified atom stereocenters. The van der Waals surface area contributed by atoms with Gasteiger partial charge in [0.2, 0.25) is 0 Å². The van der Waals surface area contributed by atoms with Crippen molar-refractivity contribution in [3.8, 4) is 0 Å². The van der Waals surface area contributed by atoms with Crippen LogP contribution in [0.15, 0.2) is 24.4 Å². The molecular formula is C17H21N3O5. The maximum Gasteiger partial charge on any atom is 0.289 e. The van der Waals surface area contributed by atoms with Crippen LogP contribution >= 0.6 is 0 Å². The van der Waals surface area contributed by atoms with Gasteiger partial charge < -0.3 is 19.3 Å². The molecule has 0 spiro atoms. The Kier molecular flexibility index (Phi) is 5.62. The van der Waals surface area contributed by atoms with E-state index in [0.717, 1.165) is 13.1 Å².